The van der Waals surface area contributed by atoms with E-state index >= 15 is 0 Å². The molecule has 0 aliphatic heterocycles. The molecule has 6 heteroatoms. The van der Waals surface area contributed by atoms with E-state index in [0.717, 1.165) is 36.6 Å². The van der Waals surface area contributed by atoms with Crippen LogP contribution in [-0.2, 0) is 12.0 Å². The van der Waals surface area contributed by atoms with Gasteiger partial charge in [0.1, 0.15) is 5.75 Å². The molecule has 2 aromatic carbocycles. The fraction of sp³-hybridized carbons (Fsp3) is 0.350. The van der Waals surface area contributed by atoms with Crippen LogP contribution in [-0.4, -0.2) is 33.9 Å². The monoisotopic (exact) mass is 351 g/mol. The highest BCUT2D eigenvalue weighted by atomic mass is 16.5. The van der Waals surface area contributed by atoms with E-state index in [0.29, 0.717) is 0 Å². The van der Waals surface area contributed by atoms with Crippen molar-refractivity contribution >= 4 is 0 Å². The Morgan fingerprint density at radius 2 is 1.81 bits per heavy atom. The van der Waals surface area contributed by atoms with E-state index in [2.05, 4.69) is 59.0 Å². The summed E-state index contributed by atoms with van der Waals surface area (Å²) in [6, 6.07) is 18.2. The molecule has 26 heavy (non-hydrogen) atoms. The van der Waals surface area contributed by atoms with Gasteiger partial charge < -0.3 is 10.1 Å². The van der Waals surface area contributed by atoms with Gasteiger partial charge in [0.05, 0.1) is 18.3 Å². The molecule has 1 heterocycles. The van der Waals surface area contributed by atoms with Crippen LogP contribution in [0.3, 0.4) is 0 Å². The minimum atomic E-state index is -0.321. The highest BCUT2D eigenvalue weighted by Gasteiger charge is 2.30. The molecule has 1 aromatic heterocycles. The summed E-state index contributed by atoms with van der Waals surface area (Å²) in [6.45, 7) is 5.14. The van der Waals surface area contributed by atoms with Crippen molar-refractivity contribution in [2.24, 2.45) is 0 Å². The number of hydrogen-bond acceptors (Lipinski definition) is 5. The first-order valence-electron chi connectivity index (χ1n) is 8.88. The first kappa shape index (κ1) is 18.1. The molecule has 0 bridgehead atoms. The van der Waals surface area contributed by atoms with E-state index in [1.807, 2.05) is 30.3 Å². The predicted octanol–water partition coefficient (Wildman–Crippen LogP) is 3.13. The molecule has 0 amide bonds. The Kier molecular flexibility index (Phi) is 5.63. The zero-order valence-electron chi connectivity index (χ0n) is 15.5. The largest absolute Gasteiger partial charge is 0.497 e. The van der Waals surface area contributed by atoms with Crippen LogP contribution in [0.1, 0.15) is 31.7 Å². The lowest BCUT2D eigenvalue weighted by Crippen LogP contribution is -2.42. The predicted molar refractivity (Wildman–Crippen MR) is 101 cm³/mol. The van der Waals surface area contributed by atoms with Gasteiger partial charge in [-0.3, -0.25) is 0 Å². The van der Waals surface area contributed by atoms with Crippen LogP contribution < -0.4 is 10.1 Å². The maximum absolute atomic E-state index is 5.23. The Balaban J connectivity index is 1.77. The smallest absolute Gasteiger partial charge is 0.176 e. The van der Waals surface area contributed by atoms with Crippen molar-refractivity contribution in [3.63, 3.8) is 0 Å². The van der Waals surface area contributed by atoms with Gasteiger partial charge in [-0.1, -0.05) is 37.3 Å². The minimum absolute atomic E-state index is 0.321. The van der Waals surface area contributed by atoms with Gasteiger partial charge in [-0.2, -0.15) is 4.68 Å². The van der Waals surface area contributed by atoms with Gasteiger partial charge in [-0.05, 0) is 60.0 Å². The number of nitrogens with one attached hydrogen (secondary N) is 1. The molecule has 6 nitrogen and oxygen atoms in total. The summed E-state index contributed by atoms with van der Waals surface area (Å²) in [4.78, 5) is 0. The molecule has 3 rings (SSSR count). The lowest BCUT2D eigenvalue weighted by molar-refractivity contribution is 0.329. The van der Waals surface area contributed by atoms with Crippen LogP contribution in [0, 0.1) is 0 Å². The van der Waals surface area contributed by atoms with Gasteiger partial charge in [0.25, 0.3) is 0 Å². The third-order valence-electron chi connectivity index (χ3n) is 4.76. The highest BCUT2D eigenvalue weighted by Crippen LogP contribution is 2.25. The number of rotatable bonds is 8. The molecule has 0 fully saturated rings. The Labute approximate surface area is 154 Å². The zero-order valence-corrected chi connectivity index (χ0v) is 15.5. The maximum Gasteiger partial charge on any atom is 0.176 e. The van der Waals surface area contributed by atoms with E-state index < -0.39 is 0 Å². The maximum atomic E-state index is 5.23. The van der Waals surface area contributed by atoms with Gasteiger partial charge in [0.15, 0.2) is 5.82 Å². The summed E-state index contributed by atoms with van der Waals surface area (Å²) < 4.78 is 7.02. The second-order valence-electron chi connectivity index (χ2n) is 6.46. The molecule has 0 aliphatic carbocycles. The van der Waals surface area contributed by atoms with E-state index in [-0.39, 0.29) is 5.54 Å². The molecule has 1 atom stereocenters. The van der Waals surface area contributed by atoms with E-state index in [1.165, 1.54) is 5.56 Å². The van der Waals surface area contributed by atoms with Crippen molar-refractivity contribution in [2.45, 2.75) is 32.2 Å². The molecule has 0 aliphatic rings. The van der Waals surface area contributed by atoms with Crippen molar-refractivity contribution in [1.29, 1.82) is 0 Å². The van der Waals surface area contributed by atoms with Crippen molar-refractivity contribution in [1.82, 2.24) is 25.5 Å². The zero-order chi connectivity index (χ0) is 18.4. The van der Waals surface area contributed by atoms with E-state index in [9.17, 15) is 0 Å². The van der Waals surface area contributed by atoms with Gasteiger partial charge >= 0.3 is 0 Å². The average molecular weight is 351 g/mol. The molecule has 0 saturated carbocycles. The number of tetrazole rings is 1. The fourth-order valence-corrected chi connectivity index (χ4v) is 2.92. The van der Waals surface area contributed by atoms with Gasteiger partial charge in [-0.25, -0.2) is 0 Å². The Morgan fingerprint density at radius 1 is 1.08 bits per heavy atom. The van der Waals surface area contributed by atoms with Crippen LogP contribution in [0.15, 0.2) is 54.6 Å². The Hall–Kier alpha value is -2.73. The number of hydrogen-bond donors (Lipinski definition) is 1. The van der Waals surface area contributed by atoms with Crippen LogP contribution in [0.25, 0.3) is 5.69 Å². The lowest BCUT2D eigenvalue weighted by atomic mass is 9.97. The minimum Gasteiger partial charge on any atom is -0.497 e. The summed E-state index contributed by atoms with van der Waals surface area (Å²) >= 11 is 0. The summed E-state index contributed by atoms with van der Waals surface area (Å²) in [5.74, 6) is 1.61. The molecule has 3 aromatic rings. The number of aromatic nitrogens is 4. The number of benzene rings is 2. The number of ether oxygens (including phenoxy) is 1. The molecule has 1 N–H and O–H groups in total. The Bertz CT molecular complexity index is 816. The summed E-state index contributed by atoms with van der Waals surface area (Å²) in [6.07, 6.45) is 1.83. The number of methoxy groups -OCH3 is 1. The second kappa shape index (κ2) is 8.10. The van der Waals surface area contributed by atoms with Gasteiger partial charge in [-0.15, -0.1) is 5.10 Å². The summed E-state index contributed by atoms with van der Waals surface area (Å²) in [7, 11) is 1.66. The average Bonchev–Trinajstić information content (AvgIpc) is 3.19. The van der Waals surface area contributed by atoms with Crippen molar-refractivity contribution in [3.05, 3.63) is 66.0 Å². The lowest BCUT2D eigenvalue weighted by Gasteiger charge is -2.28. The van der Waals surface area contributed by atoms with Crippen molar-refractivity contribution in [3.8, 4) is 11.4 Å². The summed E-state index contributed by atoms with van der Waals surface area (Å²) in [5.41, 5.74) is 1.90. The molecule has 0 unspecified atom stereocenters. The molecule has 0 spiro atoms. The third kappa shape index (κ3) is 3.91. The fourth-order valence-electron chi connectivity index (χ4n) is 2.92. The van der Waals surface area contributed by atoms with E-state index in [1.54, 1.807) is 11.8 Å². The van der Waals surface area contributed by atoms with Crippen molar-refractivity contribution < 1.29 is 4.74 Å². The van der Waals surface area contributed by atoms with Crippen LogP contribution in [0.5, 0.6) is 5.75 Å². The molecule has 0 radical (unpaired) electrons. The topological polar surface area (TPSA) is 64.9 Å². The van der Waals surface area contributed by atoms with Crippen LogP contribution in [0.4, 0.5) is 0 Å². The highest BCUT2D eigenvalue weighted by molar-refractivity contribution is 5.37. The standard InChI is InChI=1S/C20H25N5O/c1-4-20(2,21-15-14-16-8-6-5-7-9-16)19-22-23-24-25(19)17-10-12-18(26-3)13-11-17/h5-13,21H,4,14-15H2,1-3H3/t20-/m0/s1. The molecule has 0 saturated heterocycles. The molecular weight excluding hydrogens is 326 g/mol. The van der Waals surface area contributed by atoms with Crippen LogP contribution >= 0.6 is 0 Å². The van der Waals surface area contributed by atoms with E-state index in [4.69, 9.17) is 4.74 Å². The Morgan fingerprint density at radius 3 is 2.46 bits per heavy atom. The van der Waals surface area contributed by atoms with Crippen molar-refractivity contribution in [2.75, 3.05) is 13.7 Å². The third-order valence-corrected chi connectivity index (χ3v) is 4.76. The van der Waals surface area contributed by atoms with Gasteiger partial charge in [0, 0.05) is 6.54 Å². The quantitative estimate of drug-likeness (QED) is 0.675. The number of nitrogens with zero attached hydrogens (tertiary/aromatic N) is 4. The second-order valence-corrected chi connectivity index (χ2v) is 6.46. The first-order chi connectivity index (χ1) is 12.7. The molecule has 136 valence electrons. The molecular formula is C20H25N5O. The normalized spacial score (nSPS) is 13.3. The SMILES string of the molecule is CC[C@](C)(NCCc1ccccc1)c1nnnn1-c1ccc(OC)cc1. The van der Waals surface area contributed by atoms with Gasteiger partial charge in [0.2, 0.25) is 0 Å². The first-order valence-corrected chi connectivity index (χ1v) is 8.88. The summed E-state index contributed by atoms with van der Waals surface area (Å²) in [5, 5.41) is 16.1. The van der Waals surface area contributed by atoms with Crippen LogP contribution in [0.2, 0.25) is 0 Å².